The van der Waals surface area contributed by atoms with Crippen LogP contribution in [-0.2, 0) is 0 Å². The van der Waals surface area contributed by atoms with Gasteiger partial charge in [0.25, 0.3) is 17.7 Å². The van der Waals surface area contributed by atoms with Crippen molar-refractivity contribution >= 4 is 40.8 Å². The summed E-state index contributed by atoms with van der Waals surface area (Å²) in [6, 6.07) is 17.8. The minimum Gasteiger partial charge on any atom is -0.494 e. The third-order valence-corrected chi connectivity index (χ3v) is 5.87. The summed E-state index contributed by atoms with van der Waals surface area (Å²) in [4.78, 5) is 51.7. The predicted octanol–water partition coefficient (Wildman–Crippen LogP) is 4.42. The molecule has 5 rings (SSSR count). The van der Waals surface area contributed by atoms with Crippen molar-refractivity contribution in [1.82, 2.24) is 5.32 Å². The first-order valence-electron chi connectivity index (χ1n) is 11.7. The van der Waals surface area contributed by atoms with Gasteiger partial charge in [-0.3, -0.25) is 14.4 Å². The summed E-state index contributed by atoms with van der Waals surface area (Å²) in [5, 5.41) is 8.35. The molecule has 1 heterocycles. The highest BCUT2D eigenvalue weighted by atomic mass is 16.5. The van der Waals surface area contributed by atoms with E-state index in [4.69, 9.17) is 4.74 Å². The van der Waals surface area contributed by atoms with E-state index >= 15 is 0 Å². The number of nitrogens with one attached hydrogen (secondary N) is 3. The van der Waals surface area contributed by atoms with Gasteiger partial charge in [-0.15, -0.1) is 0 Å². The lowest BCUT2D eigenvalue weighted by atomic mass is 10.1. The number of anilines is 3. The molecule has 182 valence electrons. The average Bonchev–Trinajstić information content (AvgIpc) is 3.65. The Labute approximate surface area is 207 Å². The zero-order valence-electron chi connectivity index (χ0n) is 19.5. The Morgan fingerprint density at radius 3 is 2.14 bits per heavy atom. The van der Waals surface area contributed by atoms with Crippen LogP contribution in [0.15, 0.2) is 66.7 Å². The minimum absolute atomic E-state index is 0.169. The van der Waals surface area contributed by atoms with Gasteiger partial charge in [0.1, 0.15) is 5.75 Å². The van der Waals surface area contributed by atoms with Crippen LogP contribution in [0.5, 0.6) is 5.75 Å². The zero-order valence-corrected chi connectivity index (χ0v) is 19.5. The molecule has 36 heavy (non-hydrogen) atoms. The number of ether oxygens (including phenoxy) is 1. The number of hydrogen-bond acceptors (Lipinski definition) is 5. The first-order chi connectivity index (χ1) is 17.4. The van der Waals surface area contributed by atoms with Gasteiger partial charge in [0, 0.05) is 23.0 Å². The molecule has 2 aliphatic rings. The average molecular weight is 485 g/mol. The lowest BCUT2D eigenvalue weighted by Crippen LogP contribution is -2.30. The lowest BCUT2D eigenvalue weighted by Gasteiger charge is -2.14. The summed E-state index contributed by atoms with van der Waals surface area (Å²) >= 11 is 0. The molecule has 0 bridgehead atoms. The number of amides is 5. The lowest BCUT2D eigenvalue weighted by molar-refractivity contribution is 0.0925. The largest absolute Gasteiger partial charge is 0.494 e. The molecule has 1 fully saturated rings. The fourth-order valence-corrected chi connectivity index (χ4v) is 3.90. The van der Waals surface area contributed by atoms with E-state index < -0.39 is 17.7 Å². The number of carbonyl (C=O) groups excluding carboxylic acids is 4. The predicted molar refractivity (Wildman–Crippen MR) is 135 cm³/mol. The van der Waals surface area contributed by atoms with Gasteiger partial charge in [-0.25, -0.2) is 9.69 Å². The zero-order chi connectivity index (χ0) is 25.2. The maximum atomic E-state index is 13.1. The Bertz CT molecular complexity index is 1350. The third kappa shape index (κ3) is 4.76. The van der Waals surface area contributed by atoms with Gasteiger partial charge in [0.15, 0.2) is 0 Å². The first kappa shape index (κ1) is 23.1. The van der Waals surface area contributed by atoms with Crippen molar-refractivity contribution in [2.45, 2.75) is 25.8 Å². The molecule has 9 nitrogen and oxygen atoms in total. The minimum atomic E-state index is -0.492. The van der Waals surface area contributed by atoms with Crippen LogP contribution in [0.2, 0.25) is 0 Å². The molecule has 0 radical (unpaired) electrons. The molecule has 1 aliphatic carbocycles. The molecule has 0 saturated heterocycles. The van der Waals surface area contributed by atoms with Crippen molar-refractivity contribution in [1.29, 1.82) is 0 Å². The van der Waals surface area contributed by atoms with Crippen molar-refractivity contribution in [3.8, 4) is 5.75 Å². The normalized spacial score (nSPS) is 14.3. The number of hydrogen-bond donors (Lipinski definition) is 3. The molecule has 1 aliphatic heterocycles. The molecule has 9 heteroatoms. The van der Waals surface area contributed by atoms with E-state index in [1.165, 1.54) is 18.2 Å². The molecule has 5 amide bonds. The van der Waals surface area contributed by atoms with Gasteiger partial charge in [-0.1, -0.05) is 0 Å². The van der Waals surface area contributed by atoms with Crippen LogP contribution in [0, 0.1) is 0 Å². The standard InChI is InChI=1S/C27H24N4O5/c1-2-36-21-12-10-20(11-13-21)31-25(33)22-14-3-16(15-23(22)26(31)34)24(32)28-17-4-6-18(7-5-17)29-27(35)30-19-8-9-19/h3-7,10-15,19H,2,8-9H2,1H3,(H,28,32)(H2,29,30,35). The quantitative estimate of drug-likeness (QED) is 0.429. The second kappa shape index (κ2) is 9.53. The molecule has 3 aromatic rings. The van der Waals surface area contributed by atoms with Crippen molar-refractivity contribution in [3.63, 3.8) is 0 Å². The monoisotopic (exact) mass is 484 g/mol. The summed E-state index contributed by atoms with van der Waals surface area (Å²) in [7, 11) is 0. The van der Waals surface area contributed by atoms with Gasteiger partial charge in [0.2, 0.25) is 0 Å². The summed E-state index contributed by atoms with van der Waals surface area (Å²) in [5.74, 6) is -0.722. The highest BCUT2D eigenvalue weighted by molar-refractivity contribution is 6.34. The summed E-state index contributed by atoms with van der Waals surface area (Å²) in [6.45, 7) is 2.38. The number of rotatable bonds is 7. The maximum absolute atomic E-state index is 13.1. The number of urea groups is 1. The number of carbonyl (C=O) groups is 4. The number of nitrogens with zero attached hydrogens (tertiary/aromatic N) is 1. The molecule has 3 aromatic carbocycles. The molecule has 0 atom stereocenters. The Kier molecular flexibility index (Phi) is 6.12. The SMILES string of the molecule is CCOc1ccc(N2C(=O)c3ccc(C(=O)Nc4ccc(NC(=O)NC5CC5)cc4)cc3C2=O)cc1. The number of imide groups is 1. The number of fused-ring (bicyclic) bond motifs is 1. The van der Waals surface area contributed by atoms with Crippen LogP contribution in [0.3, 0.4) is 0 Å². The molecule has 0 unspecified atom stereocenters. The third-order valence-electron chi connectivity index (χ3n) is 5.87. The second-order valence-corrected chi connectivity index (χ2v) is 8.54. The van der Waals surface area contributed by atoms with Crippen LogP contribution in [0.25, 0.3) is 0 Å². The van der Waals surface area contributed by atoms with Gasteiger partial charge >= 0.3 is 6.03 Å². The van der Waals surface area contributed by atoms with Crippen molar-refractivity contribution in [2.75, 3.05) is 22.1 Å². The van der Waals surface area contributed by atoms with Crippen LogP contribution in [-0.4, -0.2) is 36.4 Å². The van der Waals surface area contributed by atoms with E-state index in [0.29, 0.717) is 29.4 Å². The van der Waals surface area contributed by atoms with Crippen LogP contribution in [0.4, 0.5) is 21.9 Å². The fourth-order valence-electron chi connectivity index (χ4n) is 3.90. The molecular weight excluding hydrogens is 460 g/mol. The van der Waals surface area contributed by atoms with Crippen molar-refractivity contribution < 1.29 is 23.9 Å². The molecule has 3 N–H and O–H groups in total. The van der Waals surface area contributed by atoms with Crippen molar-refractivity contribution in [2.24, 2.45) is 0 Å². The molecule has 1 saturated carbocycles. The Hall–Kier alpha value is -4.66. The summed E-state index contributed by atoms with van der Waals surface area (Å²) < 4.78 is 5.42. The fraction of sp³-hybridized carbons (Fsp3) is 0.185. The van der Waals surface area contributed by atoms with Crippen LogP contribution >= 0.6 is 0 Å². The van der Waals surface area contributed by atoms with Crippen LogP contribution < -0.4 is 25.6 Å². The van der Waals surface area contributed by atoms with E-state index in [1.54, 1.807) is 48.5 Å². The highest BCUT2D eigenvalue weighted by Crippen LogP contribution is 2.30. The summed E-state index contributed by atoms with van der Waals surface area (Å²) in [5.41, 5.74) is 2.20. The van der Waals surface area contributed by atoms with Gasteiger partial charge in [-0.2, -0.15) is 0 Å². The first-order valence-corrected chi connectivity index (χ1v) is 11.7. The second-order valence-electron chi connectivity index (χ2n) is 8.54. The summed E-state index contributed by atoms with van der Waals surface area (Å²) in [6.07, 6.45) is 2.00. The topological polar surface area (TPSA) is 117 Å². The molecular formula is C27H24N4O5. The van der Waals surface area contributed by atoms with Gasteiger partial charge in [0.05, 0.1) is 23.4 Å². The number of benzene rings is 3. The van der Waals surface area contributed by atoms with Gasteiger partial charge in [-0.05, 0) is 86.5 Å². The highest BCUT2D eigenvalue weighted by Gasteiger charge is 2.37. The maximum Gasteiger partial charge on any atom is 0.319 e. The van der Waals surface area contributed by atoms with Gasteiger partial charge < -0.3 is 20.7 Å². The van der Waals surface area contributed by atoms with E-state index in [0.717, 1.165) is 17.7 Å². The Balaban J connectivity index is 1.26. The van der Waals surface area contributed by atoms with Crippen molar-refractivity contribution in [3.05, 3.63) is 83.4 Å². The molecule has 0 aromatic heterocycles. The van der Waals surface area contributed by atoms with Crippen LogP contribution in [0.1, 0.15) is 50.8 Å². The Morgan fingerprint density at radius 2 is 1.50 bits per heavy atom. The van der Waals surface area contributed by atoms with E-state index in [9.17, 15) is 19.2 Å². The Morgan fingerprint density at radius 1 is 0.861 bits per heavy atom. The molecule has 0 spiro atoms. The van der Waals surface area contributed by atoms with E-state index in [1.807, 2.05) is 6.92 Å². The smallest absolute Gasteiger partial charge is 0.319 e. The van der Waals surface area contributed by atoms with E-state index in [-0.39, 0.29) is 28.8 Å². The van der Waals surface area contributed by atoms with E-state index in [2.05, 4.69) is 16.0 Å².